The lowest BCUT2D eigenvalue weighted by Gasteiger charge is -2.20. The molecule has 0 saturated heterocycles. The first kappa shape index (κ1) is 13.0. The van der Waals surface area contributed by atoms with Crippen molar-refractivity contribution in [3.05, 3.63) is 35.6 Å². The van der Waals surface area contributed by atoms with Gasteiger partial charge in [0.05, 0.1) is 12.9 Å². The van der Waals surface area contributed by atoms with Gasteiger partial charge in [0.2, 0.25) is 5.60 Å². The molecule has 1 heterocycles. The smallest absolute Gasteiger partial charge is 0.348 e. The predicted octanol–water partition coefficient (Wildman–Crippen LogP) is 3.14. The van der Waals surface area contributed by atoms with E-state index in [-0.39, 0.29) is 0 Å². The third-order valence-electron chi connectivity index (χ3n) is 3.82. The number of rotatable bonds is 4. The van der Waals surface area contributed by atoms with E-state index in [2.05, 4.69) is 0 Å². The molecule has 3 rings (SSSR count). The predicted molar refractivity (Wildman–Crippen MR) is 74.6 cm³/mol. The largest absolute Gasteiger partial charge is 0.501 e. The summed E-state index contributed by atoms with van der Waals surface area (Å²) in [5.74, 6) is -0.222. The van der Waals surface area contributed by atoms with Gasteiger partial charge in [-0.05, 0) is 37.0 Å². The molecule has 0 atom stereocenters. The van der Waals surface area contributed by atoms with E-state index in [0.717, 1.165) is 36.1 Å². The van der Waals surface area contributed by atoms with E-state index < -0.39 is 11.6 Å². The molecule has 106 valence electrons. The molecular weight excluding hydrogens is 256 g/mol. The average molecular weight is 274 g/mol. The Hall–Kier alpha value is -1.97. The molecule has 0 bridgehead atoms. The molecule has 1 fully saturated rings. The van der Waals surface area contributed by atoms with Crippen LogP contribution >= 0.6 is 0 Å². The maximum Gasteiger partial charge on any atom is 0.348 e. The summed E-state index contributed by atoms with van der Waals surface area (Å²) in [7, 11) is 0. The van der Waals surface area contributed by atoms with Crippen molar-refractivity contribution in [2.75, 3.05) is 6.61 Å². The molecule has 4 heteroatoms. The molecule has 1 N–H and O–H groups in total. The van der Waals surface area contributed by atoms with Crippen molar-refractivity contribution in [2.24, 2.45) is 0 Å². The fraction of sp³-hybridized carbons (Fsp3) is 0.438. The topological polar surface area (TPSA) is 55.8 Å². The summed E-state index contributed by atoms with van der Waals surface area (Å²) < 4.78 is 11.2. The van der Waals surface area contributed by atoms with E-state index in [9.17, 15) is 9.90 Å². The van der Waals surface area contributed by atoms with Gasteiger partial charge in [-0.15, -0.1) is 0 Å². The highest BCUT2D eigenvalue weighted by Gasteiger charge is 2.53. The van der Waals surface area contributed by atoms with Crippen molar-refractivity contribution in [3.8, 4) is 5.75 Å². The molecule has 20 heavy (non-hydrogen) atoms. The lowest BCUT2D eigenvalue weighted by atomic mass is 9.99. The Morgan fingerprint density at radius 2 is 2.20 bits per heavy atom. The van der Waals surface area contributed by atoms with Gasteiger partial charge in [0.25, 0.3) is 0 Å². The number of aryl methyl sites for hydroxylation is 1. The second-order valence-electron chi connectivity index (χ2n) is 5.52. The molecule has 0 amide bonds. The molecule has 2 aliphatic rings. The van der Waals surface area contributed by atoms with Crippen LogP contribution in [0.3, 0.4) is 0 Å². The Morgan fingerprint density at radius 1 is 1.40 bits per heavy atom. The fourth-order valence-corrected chi connectivity index (χ4v) is 2.43. The normalized spacial score (nSPS) is 19.8. The first-order chi connectivity index (χ1) is 9.61. The third kappa shape index (κ3) is 2.38. The second-order valence-corrected chi connectivity index (χ2v) is 5.52. The quantitative estimate of drug-likeness (QED) is 0.916. The van der Waals surface area contributed by atoms with Gasteiger partial charge in [0.1, 0.15) is 5.75 Å². The van der Waals surface area contributed by atoms with Crippen molar-refractivity contribution < 1.29 is 19.4 Å². The van der Waals surface area contributed by atoms with Crippen LogP contribution in [0.15, 0.2) is 24.5 Å². The fourth-order valence-electron chi connectivity index (χ4n) is 2.43. The van der Waals surface area contributed by atoms with E-state index in [4.69, 9.17) is 9.47 Å². The third-order valence-corrected chi connectivity index (χ3v) is 3.82. The van der Waals surface area contributed by atoms with E-state index in [1.165, 1.54) is 0 Å². The van der Waals surface area contributed by atoms with E-state index in [1.807, 2.05) is 25.1 Å². The first-order valence-electron chi connectivity index (χ1n) is 6.95. The Kier molecular flexibility index (Phi) is 3.16. The number of allylic oxidation sites excluding steroid dienone is 1. The molecule has 0 unspecified atom stereocenters. The summed E-state index contributed by atoms with van der Waals surface area (Å²) in [6, 6.07) is 5.91. The molecule has 0 radical (unpaired) electrons. The second kappa shape index (κ2) is 4.85. The van der Waals surface area contributed by atoms with Gasteiger partial charge >= 0.3 is 5.97 Å². The molecule has 0 spiro atoms. The highest BCUT2D eigenvalue weighted by molar-refractivity contribution is 5.82. The summed E-state index contributed by atoms with van der Waals surface area (Å²) in [5, 5.41) is 9.27. The summed E-state index contributed by atoms with van der Waals surface area (Å²) in [6.45, 7) is 2.72. The van der Waals surface area contributed by atoms with Crippen LogP contribution in [-0.4, -0.2) is 23.3 Å². The minimum absolute atomic E-state index is 0.575. The van der Waals surface area contributed by atoms with Crippen molar-refractivity contribution in [1.29, 1.82) is 0 Å². The van der Waals surface area contributed by atoms with Crippen LogP contribution in [0.1, 0.15) is 36.8 Å². The van der Waals surface area contributed by atoms with Crippen LogP contribution in [0.4, 0.5) is 0 Å². The number of hydrogen-bond acceptors (Lipinski definition) is 3. The standard InChI is InChI=1S/C16H18O4/c1-11-4-5-13(12-3-2-8-19-10-12)14(9-11)20-16(6-7-16)15(17)18/h4-5,9-10H,2-3,6-8H2,1H3,(H,17,18). The SMILES string of the molecule is Cc1ccc(C2=COCCC2)c(OC2(C(=O)O)CC2)c1. The molecule has 1 aromatic rings. The molecule has 4 nitrogen and oxygen atoms in total. The summed E-state index contributed by atoms with van der Waals surface area (Å²) in [4.78, 5) is 11.3. The van der Waals surface area contributed by atoms with Crippen molar-refractivity contribution in [2.45, 2.75) is 38.2 Å². The van der Waals surface area contributed by atoms with Crippen LogP contribution < -0.4 is 4.74 Å². The van der Waals surface area contributed by atoms with Gasteiger partial charge in [0.15, 0.2) is 0 Å². The Bertz CT molecular complexity index is 570. The maximum absolute atomic E-state index is 11.3. The molecule has 1 saturated carbocycles. The monoisotopic (exact) mass is 274 g/mol. The molecule has 1 aromatic carbocycles. The van der Waals surface area contributed by atoms with Gasteiger partial charge in [-0.1, -0.05) is 12.1 Å². The van der Waals surface area contributed by atoms with E-state index >= 15 is 0 Å². The lowest BCUT2D eigenvalue weighted by Crippen LogP contribution is -2.29. The minimum atomic E-state index is -1.02. The minimum Gasteiger partial charge on any atom is -0.501 e. The number of carboxylic acid groups (broad SMARTS) is 1. The van der Waals surface area contributed by atoms with Crippen LogP contribution in [0.5, 0.6) is 5.75 Å². The molecular formula is C16H18O4. The van der Waals surface area contributed by atoms with Crippen molar-refractivity contribution >= 4 is 11.5 Å². The Labute approximate surface area is 118 Å². The molecule has 1 aliphatic carbocycles. The van der Waals surface area contributed by atoms with Gasteiger partial charge in [-0.25, -0.2) is 4.79 Å². The van der Waals surface area contributed by atoms with Gasteiger partial charge < -0.3 is 14.6 Å². The highest BCUT2D eigenvalue weighted by atomic mass is 16.5. The average Bonchev–Trinajstić information content (AvgIpc) is 3.21. The van der Waals surface area contributed by atoms with Crippen molar-refractivity contribution in [3.63, 3.8) is 0 Å². The number of carboxylic acids is 1. The highest BCUT2D eigenvalue weighted by Crippen LogP contribution is 2.43. The molecule has 1 aliphatic heterocycles. The zero-order valence-electron chi connectivity index (χ0n) is 11.5. The Morgan fingerprint density at radius 3 is 2.80 bits per heavy atom. The van der Waals surface area contributed by atoms with Crippen LogP contribution in [0.25, 0.3) is 5.57 Å². The van der Waals surface area contributed by atoms with E-state index in [1.54, 1.807) is 6.26 Å². The van der Waals surface area contributed by atoms with Gasteiger partial charge in [0, 0.05) is 18.4 Å². The number of carbonyl (C=O) groups is 1. The van der Waals surface area contributed by atoms with Gasteiger partial charge in [-0.2, -0.15) is 0 Å². The maximum atomic E-state index is 11.3. The molecule has 0 aromatic heterocycles. The zero-order chi connectivity index (χ0) is 14.2. The van der Waals surface area contributed by atoms with Crippen LogP contribution in [0, 0.1) is 6.92 Å². The summed E-state index contributed by atoms with van der Waals surface area (Å²) >= 11 is 0. The van der Waals surface area contributed by atoms with Crippen LogP contribution in [-0.2, 0) is 9.53 Å². The number of benzene rings is 1. The lowest BCUT2D eigenvalue weighted by molar-refractivity contribution is -0.147. The zero-order valence-corrected chi connectivity index (χ0v) is 11.5. The number of aliphatic carboxylic acids is 1. The first-order valence-corrected chi connectivity index (χ1v) is 6.95. The summed E-state index contributed by atoms with van der Waals surface area (Å²) in [6.07, 6.45) is 4.82. The summed E-state index contributed by atoms with van der Waals surface area (Å²) in [5.41, 5.74) is 2.07. The van der Waals surface area contributed by atoms with Gasteiger partial charge in [-0.3, -0.25) is 0 Å². The number of ether oxygens (including phenoxy) is 2. The van der Waals surface area contributed by atoms with E-state index in [0.29, 0.717) is 18.6 Å². The van der Waals surface area contributed by atoms with Crippen molar-refractivity contribution in [1.82, 2.24) is 0 Å². The van der Waals surface area contributed by atoms with Crippen LogP contribution in [0.2, 0.25) is 0 Å². The Balaban J connectivity index is 1.94. The number of hydrogen-bond donors (Lipinski definition) is 1.